The normalized spacial score (nSPS) is 12.7. The maximum absolute atomic E-state index is 13.7. The van der Waals surface area contributed by atoms with Crippen molar-refractivity contribution in [2.75, 3.05) is 33.1 Å². The summed E-state index contributed by atoms with van der Waals surface area (Å²) in [5.74, 6) is 0.827. The molecule has 0 spiro atoms. The molecule has 5 aromatic carbocycles. The second-order valence-corrected chi connectivity index (χ2v) is 17.5. The summed E-state index contributed by atoms with van der Waals surface area (Å²) in [4.78, 5) is 56.5. The van der Waals surface area contributed by atoms with Crippen molar-refractivity contribution in [2.45, 2.75) is 46.5 Å². The fourth-order valence-electron chi connectivity index (χ4n) is 7.61. The van der Waals surface area contributed by atoms with Crippen LogP contribution in [-0.2, 0) is 18.9 Å². The number of amidine groups is 1. The number of urea groups is 2. The lowest BCUT2D eigenvalue weighted by molar-refractivity contribution is 0.101. The highest BCUT2D eigenvalue weighted by Crippen LogP contribution is 2.34. The van der Waals surface area contributed by atoms with E-state index < -0.39 is 17.5 Å². The number of hydrogen-bond donors (Lipinski definition) is 6. The Labute approximate surface area is 370 Å². The van der Waals surface area contributed by atoms with Crippen LogP contribution in [0.4, 0.5) is 38.2 Å². The Hall–Kier alpha value is -8.00. The minimum absolute atomic E-state index is 0.0244. The molecule has 0 atom stereocenters. The number of aliphatic imine (C=N–C) groups is 1. The molecular formula is C50H49N9O5. The molecule has 0 aliphatic carbocycles. The van der Waals surface area contributed by atoms with E-state index in [1.165, 1.54) is 0 Å². The predicted molar refractivity (Wildman–Crippen MR) is 254 cm³/mol. The van der Waals surface area contributed by atoms with E-state index in [9.17, 15) is 19.2 Å². The Morgan fingerprint density at radius 1 is 0.656 bits per heavy atom. The van der Waals surface area contributed by atoms with E-state index in [2.05, 4.69) is 62.8 Å². The molecule has 0 bridgehead atoms. The molecule has 2 aromatic heterocycles. The van der Waals surface area contributed by atoms with Gasteiger partial charge in [-0.3, -0.25) is 25.2 Å². The van der Waals surface area contributed by atoms with E-state index in [0.29, 0.717) is 58.4 Å². The molecule has 14 nitrogen and oxygen atoms in total. The van der Waals surface area contributed by atoms with Crippen LogP contribution in [0.1, 0.15) is 66.7 Å². The van der Waals surface area contributed by atoms with Gasteiger partial charge in [0.1, 0.15) is 11.6 Å². The molecule has 324 valence electrons. The smallest absolute Gasteiger partial charge is 0.324 e. The summed E-state index contributed by atoms with van der Waals surface area (Å²) in [6, 6.07) is 33.8. The summed E-state index contributed by atoms with van der Waals surface area (Å²) in [6.07, 6.45) is 4.26. The van der Waals surface area contributed by atoms with Crippen molar-refractivity contribution in [1.82, 2.24) is 15.0 Å². The minimum atomic E-state index is -0.555. The number of benzene rings is 5. The minimum Gasteiger partial charge on any atom is -0.359 e. The van der Waals surface area contributed by atoms with Gasteiger partial charge in [-0.2, -0.15) is 0 Å². The number of rotatable bonds is 10. The van der Waals surface area contributed by atoms with E-state index in [4.69, 9.17) is 4.52 Å². The molecular weight excluding hydrogens is 807 g/mol. The van der Waals surface area contributed by atoms with Gasteiger partial charge < -0.3 is 30.4 Å². The number of fused-ring (bicyclic) bond motifs is 2. The molecule has 6 amide bonds. The molecule has 14 heteroatoms. The Balaban J connectivity index is 0.851. The van der Waals surface area contributed by atoms with E-state index in [0.717, 1.165) is 32.8 Å². The van der Waals surface area contributed by atoms with E-state index >= 15 is 0 Å². The van der Waals surface area contributed by atoms with Crippen LogP contribution in [0.5, 0.6) is 0 Å². The molecule has 0 saturated heterocycles. The molecule has 8 rings (SSSR count). The fraction of sp³-hybridized carbons (Fsp3) is 0.200. The fourth-order valence-corrected chi connectivity index (χ4v) is 7.61. The lowest BCUT2D eigenvalue weighted by atomic mass is 9.82. The number of aromatic nitrogens is 2. The molecule has 64 heavy (non-hydrogen) atoms. The second-order valence-electron chi connectivity index (χ2n) is 17.5. The third-order valence-electron chi connectivity index (χ3n) is 11.1. The van der Waals surface area contributed by atoms with Crippen molar-refractivity contribution in [3.05, 3.63) is 156 Å². The lowest BCUT2D eigenvalue weighted by Crippen LogP contribution is -2.32. The average Bonchev–Trinajstić information content (AvgIpc) is 4.02. The molecule has 7 aromatic rings. The maximum atomic E-state index is 13.7. The first-order valence-electron chi connectivity index (χ1n) is 20.9. The molecule has 0 saturated carbocycles. The zero-order valence-corrected chi connectivity index (χ0v) is 36.4. The number of anilines is 5. The predicted octanol–water partition coefficient (Wildman–Crippen LogP) is 10.5. The number of nitrogens with one attached hydrogen (secondary N) is 6. The largest absolute Gasteiger partial charge is 0.359 e. The van der Waals surface area contributed by atoms with E-state index in [1.807, 2.05) is 92.3 Å². The van der Waals surface area contributed by atoms with Gasteiger partial charge in [-0.15, -0.1) is 0 Å². The monoisotopic (exact) mass is 855 g/mol. The van der Waals surface area contributed by atoms with Gasteiger partial charge in [-0.25, -0.2) is 9.59 Å². The standard InChI is InChI=1S/C50H49N9O5/c1-49(2,3)34-25-42(51-28-34)56-47(62)54-37-22-18-36(19-23-37)53-46(61)40-29-59(6)44-33(12-9-13-39(40)44)27-50(4,5)41-26-43(58-64-41)57-48(63)55-38-20-16-35(17-21-38)52-45(60)32-15-14-30-10-7-8-11-31(30)24-32/h7-26,29H,27-28H2,1-6H3,(H,52,60)(H,53,61)(H2,51,54,56,62)(H2,55,57,58,63). The first-order chi connectivity index (χ1) is 30.6. The SMILES string of the molecule is Cn1cc(C(=O)Nc2ccc(NC(=O)NC3=NCC(C(C)(C)C)=C3)cc2)c2cccc(CC(C)(C)c3cc(NC(=O)Nc4ccc(NC(=O)c5ccc6ccccc6c5)cc4)no3)c21. The van der Waals surface area contributed by atoms with Crippen LogP contribution < -0.4 is 31.9 Å². The first kappa shape index (κ1) is 42.7. The van der Waals surface area contributed by atoms with Crippen molar-refractivity contribution in [2.24, 2.45) is 17.5 Å². The van der Waals surface area contributed by atoms with Gasteiger partial charge in [0.05, 0.1) is 17.6 Å². The number of para-hydroxylation sites is 1. The van der Waals surface area contributed by atoms with Crippen LogP contribution in [0, 0.1) is 5.41 Å². The first-order valence-corrected chi connectivity index (χ1v) is 20.9. The molecule has 0 fully saturated rings. The Morgan fingerprint density at radius 3 is 1.91 bits per heavy atom. The van der Waals surface area contributed by atoms with Crippen LogP contribution in [0.2, 0.25) is 0 Å². The molecule has 1 aliphatic rings. The summed E-state index contributed by atoms with van der Waals surface area (Å²) in [6.45, 7) is 11.0. The maximum Gasteiger partial charge on any atom is 0.324 e. The Kier molecular flexibility index (Phi) is 11.6. The number of nitrogens with zero attached hydrogens (tertiary/aromatic N) is 3. The lowest BCUT2D eigenvalue weighted by Gasteiger charge is -2.22. The quantitative estimate of drug-likeness (QED) is 0.0795. The van der Waals surface area contributed by atoms with Gasteiger partial charge >= 0.3 is 12.1 Å². The third-order valence-corrected chi connectivity index (χ3v) is 11.1. The molecule has 1 aliphatic heterocycles. The van der Waals surface area contributed by atoms with Crippen LogP contribution in [0.25, 0.3) is 21.7 Å². The van der Waals surface area contributed by atoms with E-state index in [-0.39, 0.29) is 23.0 Å². The summed E-state index contributed by atoms with van der Waals surface area (Å²) in [5.41, 5.74) is 5.76. The number of carbonyl (C=O) groups is 4. The van der Waals surface area contributed by atoms with Gasteiger partial charge in [0.15, 0.2) is 5.82 Å². The molecule has 0 radical (unpaired) electrons. The van der Waals surface area contributed by atoms with Gasteiger partial charge in [0.2, 0.25) is 0 Å². The molecule has 0 unspecified atom stereocenters. The van der Waals surface area contributed by atoms with Gasteiger partial charge in [-0.1, -0.05) is 88.3 Å². The van der Waals surface area contributed by atoms with Crippen molar-refractivity contribution < 1.29 is 23.7 Å². The zero-order chi connectivity index (χ0) is 45.2. The van der Waals surface area contributed by atoms with Crippen molar-refractivity contribution in [3.63, 3.8) is 0 Å². The van der Waals surface area contributed by atoms with Gasteiger partial charge in [-0.05, 0) is 100 Å². The Morgan fingerprint density at radius 2 is 1.27 bits per heavy atom. The molecule has 6 N–H and O–H groups in total. The topological polar surface area (TPSA) is 184 Å². The van der Waals surface area contributed by atoms with E-state index in [1.54, 1.807) is 60.7 Å². The highest BCUT2D eigenvalue weighted by atomic mass is 16.5. The van der Waals surface area contributed by atoms with Crippen molar-refractivity contribution in [1.29, 1.82) is 0 Å². The zero-order valence-electron chi connectivity index (χ0n) is 36.4. The van der Waals surface area contributed by atoms with Crippen LogP contribution in [0.15, 0.2) is 143 Å². The average molecular weight is 856 g/mol. The van der Waals surface area contributed by atoms with Gasteiger partial charge in [0.25, 0.3) is 11.8 Å². The van der Waals surface area contributed by atoms with Crippen LogP contribution in [0.3, 0.4) is 0 Å². The van der Waals surface area contributed by atoms with Crippen LogP contribution >= 0.6 is 0 Å². The summed E-state index contributed by atoms with van der Waals surface area (Å²) < 4.78 is 7.70. The summed E-state index contributed by atoms with van der Waals surface area (Å²) in [7, 11) is 1.91. The number of carbonyl (C=O) groups excluding carboxylic acids is 4. The number of aryl methyl sites for hydroxylation is 1. The third kappa shape index (κ3) is 9.71. The summed E-state index contributed by atoms with van der Waals surface area (Å²) in [5, 5.41) is 23.9. The number of hydrogen-bond acceptors (Lipinski definition) is 7. The number of amides is 6. The summed E-state index contributed by atoms with van der Waals surface area (Å²) >= 11 is 0. The second kappa shape index (κ2) is 17.4. The Bertz CT molecular complexity index is 2990. The van der Waals surface area contributed by atoms with Crippen molar-refractivity contribution >= 4 is 80.0 Å². The van der Waals surface area contributed by atoms with Gasteiger partial charge in [0, 0.05) is 58.4 Å². The van der Waals surface area contributed by atoms with Crippen molar-refractivity contribution in [3.8, 4) is 0 Å². The highest BCUT2D eigenvalue weighted by molar-refractivity contribution is 6.14. The molecule has 3 heterocycles. The highest BCUT2D eigenvalue weighted by Gasteiger charge is 2.29. The van der Waals surface area contributed by atoms with Crippen LogP contribution in [-0.4, -0.2) is 46.0 Å².